The minimum Gasteiger partial charge on any atom is -0.480 e. The Hall–Kier alpha value is -1.88. The zero-order chi connectivity index (χ0) is 14.9. The van der Waals surface area contributed by atoms with Crippen molar-refractivity contribution in [2.24, 2.45) is 11.7 Å². The van der Waals surface area contributed by atoms with E-state index in [0.717, 1.165) is 12.0 Å². The molecule has 3 N–H and O–H groups in total. The third-order valence-electron chi connectivity index (χ3n) is 4.04. The van der Waals surface area contributed by atoms with Crippen LogP contribution in [0.2, 0.25) is 0 Å². The Morgan fingerprint density at radius 2 is 2.10 bits per heavy atom. The first-order valence-corrected chi connectivity index (χ1v) is 6.86. The number of hydrogen-bond acceptors (Lipinski definition) is 3. The van der Waals surface area contributed by atoms with Gasteiger partial charge in [0.1, 0.15) is 6.04 Å². The van der Waals surface area contributed by atoms with Crippen molar-refractivity contribution in [1.29, 1.82) is 0 Å². The molecule has 2 rings (SSSR count). The Balaban J connectivity index is 2.36. The fourth-order valence-electron chi connectivity index (χ4n) is 2.51. The summed E-state index contributed by atoms with van der Waals surface area (Å²) in [6.07, 6.45) is 1.12. The fraction of sp³-hybridized carbons (Fsp3) is 0.467. The van der Waals surface area contributed by atoms with E-state index in [0.29, 0.717) is 12.1 Å². The average Bonchev–Trinajstić information content (AvgIpc) is 2.84. The minimum absolute atomic E-state index is 0.0182. The molecule has 3 atom stereocenters. The van der Waals surface area contributed by atoms with Gasteiger partial charge in [-0.05, 0) is 17.5 Å². The van der Waals surface area contributed by atoms with Crippen molar-refractivity contribution in [3.8, 4) is 0 Å². The van der Waals surface area contributed by atoms with E-state index in [1.165, 1.54) is 4.90 Å². The molecule has 1 amide bonds. The summed E-state index contributed by atoms with van der Waals surface area (Å²) in [6, 6.07) is 5.76. The van der Waals surface area contributed by atoms with Crippen LogP contribution in [0.3, 0.4) is 0 Å². The highest BCUT2D eigenvalue weighted by molar-refractivity contribution is 6.04. The van der Waals surface area contributed by atoms with Crippen LogP contribution in [-0.4, -0.2) is 29.1 Å². The highest BCUT2D eigenvalue weighted by Crippen LogP contribution is 2.33. The standard InChI is InChI=1S/C15H20N2O3/c1-3-9(2)13(16)14(18)17-11-7-5-4-6-10(11)8-12(17)15(19)20/h4-7,9,12-13H,3,8,16H2,1-2H3,(H,19,20)/t9?,12?,13-/m0/s1. The van der Waals surface area contributed by atoms with Crippen LogP contribution in [0.1, 0.15) is 25.8 Å². The van der Waals surface area contributed by atoms with Gasteiger partial charge in [-0.2, -0.15) is 0 Å². The van der Waals surface area contributed by atoms with Gasteiger partial charge in [-0.1, -0.05) is 38.5 Å². The summed E-state index contributed by atoms with van der Waals surface area (Å²) in [6.45, 7) is 3.87. The molecule has 0 saturated carbocycles. The number of aliphatic carboxylic acids is 1. The highest BCUT2D eigenvalue weighted by atomic mass is 16.4. The third-order valence-corrected chi connectivity index (χ3v) is 4.04. The molecule has 2 unspecified atom stereocenters. The van der Waals surface area contributed by atoms with E-state index in [2.05, 4.69) is 0 Å². The second-order valence-corrected chi connectivity index (χ2v) is 5.31. The van der Waals surface area contributed by atoms with Gasteiger partial charge >= 0.3 is 5.97 Å². The lowest BCUT2D eigenvalue weighted by molar-refractivity contribution is -0.140. The van der Waals surface area contributed by atoms with Gasteiger partial charge in [0.25, 0.3) is 0 Å². The number of carbonyl (C=O) groups is 2. The van der Waals surface area contributed by atoms with Crippen LogP contribution < -0.4 is 10.6 Å². The maximum atomic E-state index is 12.6. The van der Waals surface area contributed by atoms with E-state index in [1.807, 2.05) is 26.0 Å². The Morgan fingerprint density at radius 3 is 2.70 bits per heavy atom. The van der Waals surface area contributed by atoms with E-state index in [1.54, 1.807) is 12.1 Å². The summed E-state index contributed by atoms with van der Waals surface area (Å²) in [5.74, 6) is -1.28. The number of carboxylic acids is 1. The molecule has 1 aromatic rings. The molecule has 1 aromatic carbocycles. The number of nitrogens with two attached hydrogens (primary N) is 1. The first-order valence-electron chi connectivity index (χ1n) is 6.86. The number of hydrogen-bond donors (Lipinski definition) is 2. The van der Waals surface area contributed by atoms with Crippen LogP contribution in [0.4, 0.5) is 5.69 Å². The molecule has 1 aliphatic rings. The lowest BCUT2D eigenvalue weighted by Crippen LogP contribution is -2.52. The van der Waals surface area contributed by atoms with E-state index in [-0.39, 0.29) is 11.8 Å². The molecule has 1 heterocycles. The van der Waals surface area contributed by atoms with Gasteiger partial charge in [-0.15, -0.1) is 0 Å². The van der Waals surface area contributed by atoms with Gasteiger partial charge in [0.15, 0.2) is 0 Å². The number of para-hydroxylation sites is 1. The van der Waals surface area contributed by atoms with Crippen molar-refractivity contribution in [2.45, 2.75) is 38.8 Å². The molecule has 0 bridgehead atoms. The molecule has 0 aliphatic carbocycles. The number of carbonyl (C=O) groups excluding carboxylic acids is 1. The van der Waals surface area contributed by atoms with E-state index < -0.39 is 18.1 Å². The SMILES string of the molecule is CCC(C)[C@H](N)C(=O)N1c2ccccc2CC1C(=O)O. The van der Waals surface area contributed by atoms with Gasteiger partial charge < -0.3 is 10.8 Å². The number of anilines is 1. The highest BCUT2D eigenvalue weighted by Gasteiger charge is 2.40. The largest absolute Gasteiger partial charge is 0.480 e. The molecule has 108 valence electrons. The summed E-state index contributed by atoms with van der Waals surface area (Å²) in [5.41, 5.74) is 7.54. The summed E-state index contributed by atoms with van der Waals surface area (Å²) in [4.78, 5) is 25.3. The number of amides is 1. The molecule has 20 heavy (non-hydrogen) atoms. The lowest BCUT2D eigenvalue weighted by atomic mass is 9.98. The van der Waals surface area contributed by atoms with Gasteiger partial charge in [-0.25, -0.2) is 4.79 Å². The molecule has 0 aromatic heterocycles. The number of benzene rings is 1. The number of carboxylic acid groups (broad SMARTS) is 1. The van der Waals surface area contributed by atoms with Gasteiger partial charge in [0.05, 0.1) is 6.04 Å². The Bertz CT molecular complexity index is 530. The van der Waals surface area contributed by atoms with Crippen LogP contribution in [0, 0.1) is 5.92 Å². The number of nitrogens with zero attached hydrogens (tertiary/aromatic N) is 1. The van der Waals surface area contributed by atoms with Crippen LogP contribution >= 0.6 is 0 Å². The predicted molar refractivity (Wildman–Crippen MR) is 76.5 cm³/mol. The number of fused-ring (bicyclic) bond motifs is 1. The summed E-state index contributed by atoms with van der Waals surface area (Å²) >= 11 is 0. The maximum absolute atomic E-state index is 12.6. The maximum Gasteiger partial charge on any atom is 0.327 e. The second kappa shape index (κ2) is 5.63. The van der Waals surface area contributed by atoms with Gasteiger partial charge in [0, 0.05) is 12.1 Å². The third kappa shape index (κ3) is 2.41. The van der Waals surface area contributed by atoms with Crippen molar-refractivity contribution in [3.05, 3.63) is 29.8 Å². The molecule has 0 spiro atoms. The molecular formula is C15H20N2O3. The van der Waals surface area contributed by atoms with E-state index >= 15 is 0 Å². The van der Waals surface area contributed by atoms with Crippen LogP contribution in [-0.2, 0) is 16.0 Å². The summed E-state index contributed by atoms with van der Waals surface area (Å²) < 4.78 is 0. The molecular weight excluding hydrogens is 256 g/mol. The summed E-state index contributed by atoms with van der Waals surface area (Å²) in [7, 11) is 0. The first-order chi connectivity index (χ1) is 9.47. The van der Waals surface area contributed by atoms with Crippen molar-refractivity contribution < 1.29 is 14.7 Å². The topological polar surface area (TPSA) is 83.6 Å². The molecule has 1 aliphatic heterocycles. The summed E-state index contributed by atoms with van der Waals surface area (Å²) in [5, 5.41) is 9.35. The van der Waals surface area contributed by atoms with Crippen LogP contribution in [0.15, 0.2) is 24.3 Å². The Labute approximate surface area is 118 Å². The fourth-order valence-corrected chi connectivity index (χ4v) is 2.51. The van der Waals surface area contributed by atoms with Crippen LogP contribution in [0.25, 0.3) is 0 Å². The smallest absolute Gasteiger partial charge is 0.327 e. The Morgan fingerprint density at radius 1 is 1.45 bits per heavy atom. The predicted octanol–water partition coefficient (Wildman–Crippen LogP) is 1.40. The molecule has 0 radical (unpaired) electrons. The molecule has 5 heteroatoms. The van der Waals surface area contributed by atoms with Crippen molar-refractivity contribution >= 4 is 17.6 Å². The second-order valence-electron chi connectivity index (χ2n) is 5.31. The lowest BCUT2D eigenvalue weighted by Gasteiger charge is -2.28. The monoisotopic (exact) mass is 276 g/mol. The molecule has 0 fully saturated rings. The van der Waals surface area contributed by atoms with E-state index in [9.17, 15) is 14.7 Å². The zero-order valence-corrected chi connectivity index (χ0v) is 11.7. The van der Waals surface area contributed by atoms with Crippen molar-refractivity contribution in [2.75, 3.05) is 4.90 Å². The van der Waals surface area contributed by atoms with E-state index in [4.69, 9.17) is 5.73 Å². The quantitative estimate of drug-likeness (QED) is 0.870. The first kappa shape index (κ1) is 14.5. The Kier molecular flexibility index (Phi) is 4.09. The van der Waals surface area contributed by atoms with Crippen molar-refractivity contribution in [3.63, 3.8) is 0 Å². The molecule has 5 nitrogen and oxygen atoms in total. The van der Waals surface area contributed by atoms with Crippen LogP contribution in [0.5, 0.6) is 0 Å². The minimum atomic E-state index is -0.995. The normalized spacial score (nSPS) is 20.4. The molecule has 0 saturated heterocycles. The number of rotatable bonds is 4. The average molecular weight is 276 g/mol. The van der Waals surface area contributed by atoms with Gasteiger partial charge in [-0.3, -0.25) is 9.69 Å². The zero-order valence-electron chi connectivity index (χ0n) is 11.7. The van der Waals surface area contributed by atoms with Crippen molar-refractivity contribution in [1.82, 2.24) is 0 Å². The van der Waals surface area contributed by atoms with Gasteiger partial charge in [0.2, 0.25) is 5.91 Å².